The molecule has 4 heterocycles. The monoisotopic (exact) mass is 541 g/mol. The highest BCUT2D eigenvalue weighted by molar-refractivity contribution is 6.21. The number of aromatic amines is 1. The Kier molecular flexibility index (Phi) is 5.11. The molecule has 2 aromatic carbocycles. The molecule has 10 nitrogen and oxygen atoms in total. The Morgan fingerprint density at radius 2 is 1.85 bits per heavy atom. The molecule has 1 fully saturated rings. The molecule has 1 saturated carbocycles. The van der Waals surface area contributed by atoms with Crippen molar-refractivity contribution in [3.8, 4) is 11.3 Å². The highest BCUT2D eigenvalue weighted by Crippen LogP contribution is 2.41. The molecule has 5 aromatic rings. The average molecular weight is 542 g/mol. The number of benzene rings is 2. The largest absolute Gasteiger partial charge is 0.309 e. The third-order valence-corrected chi connectivity index (χ3v) is 7.65. The molecule has 2 aliphatic rings. The number of carbonyl (C=O) groups is 3. The number of hydrogen-bond donors (Lipinski definition) is 2. The van der Waals surface area contributed by atoms with Crippen molar-refractivity contribution in [2.75, 3.05) is 5.32 Å². The van der Waals surface area contributed by atoms with Crippen LogP contribution in [-0.4, -0.2) is 53.4 Å². The Hall–Kier alpha value is -5.00. The molecule has 40 heavy (non-hydrogen) atoms. The van der Waals surface area contributed by atoms with Gasteiger partial charge >= 0.3 is 0 Å². The van der Waals surface area contributed by atoms with Crippen LogP contribution in [-0.2, 0) is 4.79 Å². The van der Waals surface area contributed by atoms with E-state index in [9.17, 15) is 18.8 Å². The third kappa shape index (κ3) is 3.45. The number of aromatic nitrogens is 5. The van der Waals surface area contributed by atoms with Crippen LogP contribution >= 0.6 is 0 Å². The van der Waals surface area contributed by atoms with E-state index in [0.29, 0.717) is 27.8 Å². The minimum absolute atomic E-state index is 0.142. The number of alkyl halides is 1. The summed E-state index contributed by atoms with van der Waals surface area (Å²) in [5.74, 6) is -2.39. The van der Waals surface area contributed by atoms with E-state index in [1.165, 1.54) is 6.20 Å². The average Bonchev–Trinajstić information content (AvgIpc) is 3.23. The van der Waals surface area contributed by atoms with Crippen molar-refractivity contribution in [2.45, 2.75) is 32.5 Å². The number of H-pyrrole nitrogens is 1. The van der Waals surface area contributed by atoms with Crippen molar-refractivity contribution in [3.05, 3.63) is 77.1 Å². The highest BCUT2D eigenvalue weighted by atomic mass is 19.1. The number of fused-ring (bicyclic) bond motifs is 3. The van der Waals surface area contributed by atoms with Crippen LogP contribution in [0.4, 0.5) is 14.6 Å². The van der Waals surface area contributed by atoms with Gasteiger partial charge in [0.1, 0.15) is 12.0 Å². The molecule has 3 amide bonds. The number of anilines is 1. The van der Waals surface area contributed by atoms with Gasteiger partial charge in [-0.15, -0.1) is 0 Å². The van der Waals surface area contributed by atoms with E-state index in [1.54, 1.807) is 61.1 Å². The molecule has 1 aliphatic carbocycles. The molecule has 2 N–H and O–H groups in total. The second-order valence-corrected chi connectivity index (χ2v) is 10.1. The summed E-state index contributed by atoms with van der Waals surface area (Å²) in [5.41, 5.74) is 2.62. The van der Waals surface area contributed by atoms with Crippen LogP contribution in [0.3, 0.4) is 0 Å². The highest BCUT2D eigenvalue weighted by Gasteiger charge is 2.44. The quantitative estimate of drug-likeness (QED) is 0.318. The van der Waals surface area contributed by atoms with Crippen LogP contribution in [0.1, 0.15) is 51.2 Å². The number of imide groups is 1. The fourth-order valence-corrected chi connectivity index (χ4v) is 5.46. The Morgan fingerprint density at radius 3 is 2.52 bits per heavy atom. The number of halogens is 2. The zero-order valence-corrected chi connectivity index (χ0v) is 21.3. The number of hydrogen-bond acceptors (Lipinski definition) is 6. The minimum atomic E-state index is -1.12. The smallest absolute Gasteiger partial charge is 0.262 e. The normalized spacial score (nSPS) is 18.9. The lowest BCUT2D eigenvalue weighted by molar-refractivity contribution is -0.117. The van der Waals surface area contributed by atoms with Crippen molar-refractivity contribution in [1.82, 2.24) is 29.5 Å². The van der Waals surface area contributed by atoms with Gasteiger partial charge in [-0.2, -0.15) is 5.10 Å². The van der Waals surface area contributed by atoms with Crippen molar-refractivity contribution >= 4 is 40.1 Å². The molecule has 1 unspecified atom stereocenters. The number of nitrogens with zero attached hydrogens (tertiary/aromatic N) is 5. The Bertz CT molecular complexity index is 1880. The summed E-state index contributed by atoms with van der Waals surface area (Å²) in [6, 6.07) is 5.60. The van der Waals surface area contributed by atoms with Gasteiger partial charge in [-0.05, 0) is 38.0 Å². The molecule has 12 heteroatoms. The van der Waals surface area contributed by atoms with Gasteiger partial charge in [-0.3, -0.25) is 29.4 Å². The van der Waals surface area contributed by atoms with Crippen LogP contribution in [0.2, 0.25) is 0 Å². The lowest BCUT2D eigenvalue weighted by Gasteiger charge is -2.25. The van der Waals surface area contributed by atoms with Gasteiger partial charge in [-0.25, -0.2) is 13.8 Å². The van der Waals surface area contributed by atoms with Crippen molar-refractivity contribution in [3.63, 3.8) is 0 Å². The predicted molar refractivity (Wildman–Crippen MR) is 140 cm³/mol. The number of nitrogens with one attached hydrogen (secondary N) is 2. The molecular weight excluding hydrogens is 520 g/mol. The van der Waals surface area contributed by atoms with Crippen molar-refractivity contribution < 1.29 is 23.2 Å². The van der Waals surface area contributed by atoms with Crippen LogP contribution < -0.4 is 5.32 Å². The molecule has 0 saturated heterocycles. The standard InChI is InChI=1S/C28H21F2N7O3/c1-12-22(19-10-36-11-20(33-21(36)9-31-19)34-26(38)16-7-18(16)29)17-8-32-35-25(17)23(24(12)30)13(2)37-27(39)14-5-3-4-6-15(14)28(37)40/h3-6,8-11,13,16,18H,7H2,1-2H3,(H,32,35)(H,34,38)/t13?,16-,18+/m1/s1. The van der Waals surface area contributed by atoms with Gasteiger partial charge in [0.15, 0.2) is 11.5 Å². The molecule has 0 radical (unpaired) electrons. The predicted octanol–water partition coefficient (Wildman–Crippen LogP) is 4.37. The zero-order chi connectivity index (χ0) is 27.9. The van der Waals surface area contributed by atoms with Crippen LogP contribution in [0.15, 0.2) is 49.1 Å². The lowest BCUT2D eigenvalue weighted by atomic mass is 9.93. The van der Waals surface area contributed by atoms with Gasteiger partial charge < -0.3 is 9.72 Å². The molecule has 1 aliphatic heterocycles. The van der Waals surface area contributed by atoms with Gasteiger partial charge in [0.05, 0.1) is 52.9 Å². The summed E-state index contributed by atoms with van der Waals surface area (Å²) in [6.07, 6.45) is 5.34. The summed E-state index contributed by atoms with van der Waals surface area (Å²) >= 11 is 0. The fraction of sp³-hybridized carbons (Fsp3) is 0.214. The zero-order valence-electron chi connectivity index (χ0n) is 21.3. The molecule has 7 rings (SSSR count). The van der Waals surface area contributed by atoms with Crippen LogP contribution in [0.25, 0.3) is 27.8 Å². The first-order valence-electron chi connectivity index (χ1n) is 12.7. The first-order valence-corrected chi connectivity index (χ1v) is 12.7. The number of rotatable bonds is 5. The van der Waals surface area contributed by atoms with Crippen LogP contribution in [0.5, 0.6) is 0 Å². The minimum Gasteiger partial charge on any atom is -0.309 e. The SMILES string of the molecule is Cc1c(F)c(C(C)N2C(=O)c3ccccc3C2=O)c2[nH]ncc2c1-c1cn2cc(NC(=O)[C@@H]3C[C@@H]3F)nc2cn1. The van der Waals surface area contributed by atoms with E-state index < -0.39 is 41.7 Å². The van der Waals surface area contributed by atoms with E-state index in [2.05, 4.69) is 25.5 Å². The summed E-state index contributed by atoms with van der Waals surface area (Å²) in [6.45, 7) is 3.21. The Labute approximate surface area is 225 Å². The first kappa shape index (κ1) is 24.1. The van der Waals surface area contributed by atoms with Crippen LogP contribution in [0, 0.1) is 18.7 Å². The maximum atomic E-state index is 16.2. The number of amides is 3. The van der Waals surface area contributed by atoms with E-state index in [0.717, 1.165) is 4.90 Å². The second kappa shape index (κ2) is 8.50. The summed E-state index contributed by atoms with van der Waals surface area (Å²) < 4.78 is 31.1. The van der Waals surface area contributed by atoms with E-state index in [4.69, 9.17) is 0 Å². The number of carbonyl (C=O) groups excluding carboxylic acids is 3. The Morgan fingerprint density at radius 1 is 1.15 bits per heavy atom. The molecule has 3 atom stereocenters. The van der Waals surface area contributed by atoms with Gasteiger partial charge in [0.25, 0.3) is 11.8 Å². The van der Waals surface area contributed by atoms with E-state index >= 15 is 4.39 Å². The lowest BCUT2D eigenvalue weighted by Crippen LogP contribution is -2.33. The maximum absolute atomic E-state index is 16.2. The summed E-state index contributed by atoms with van der Waals surface area (Å²) in [5, 5.41) is 10.2. The molecule has 3 aromatic heterocycles. The summed E-state index contributed by atoms with van der Waals surface area (Å²) in [7, 11) is 0. The third-order valence-electron chi connectivity index (χ3n) is 7.65. The Balaban J connectivity index is 1.29. The molecule has 0 spiro atoms. The first-order chi connectivity index (χ1) is 19.2. The second-order valence-electron chi connectivity index (χ2n) is 10.1. The van der Waals surface area contributed by atoms with E-state index in [-0.39, 0.29) is 34.5 Å². The number of imidazole rings is 1. The van der Waals surface area contributed by atoms with Gasteiger partial charge in [0.2, 0.25) is 5.91 Å². The molecule has 0 bridgehead atoms. The van der Waals surface area contributed by atoms with Crippen molar-refractivity contribution in [1.29, 1.82) is 0 Å². The summed E-state index contributed by atoms with van der Waals surface area (Å²) in [4.78, 5) is 48.2. The van der Waals surface area contributed by atoms with Crippen molar-refractivity contribution in [2.24, 2.45) is 5.92 Å². The molecular formula is C28H21F2N7O3. The fourth-order valence-electron chi connectivity index (χ4n) is 5.46. The maximum Gasteiger partial charge on any atom is 0.262 e. The van der Waals surface area contributed by atoms with Gasteiger partial charge in [-0.1, -0.05) is 12.1 Å². The molecule has 200 valence electrons. The van der Waals surface area contributed by atoms with Gasteiger partial charge in [0, 0.05) is 22.7 Å². The topological polar surface area (TPSA) is 125 Å². The van der Waals surface area contributed by atoms with E-state index in [1.807, 2.05) is 0 Å².